The standard InChI is InChI=1S/C22H27N3O3S/c1-23(18-21-10-6-3-7-11-21)22(26)19-24-13-15-25(16-14-24)29(27,28)17-12-20-8-4-2-5-9-20/h2-12,17H,13-16,18-19H2,1H3/p+1/b17-12+. The van der Waals surface area contributed by atoms with Gasteiger partial charge in [0, 0.05) is 19.0 Å². The van der Waals surface area contributed by atoms with Crippen LogP contribution in [0, 0.1) is 0 Å². The Morgan fingerprint density at radius 1 is 1.03 bits per heavy atom. The van der Waals surface area contributed by atoms with Crippen molar-refractivity contribution in [2.24, 2.45) is 0 Å². The lowest BCUT2D eigenvalue weighted by Gasteiger charge is -2.31. The molecule has 1 fully saturated rings. The number of quaternary nitrogens is 1. The van der Waals surface area contributed by atoms with Crippen molar-refractivity contribution < 1.29 is 18.1 Å². The van der Waals surface area contributed by atoms with Gasteiger partial charge in [0.05, 0.1) is 26.2 Å². The quantitative estimate of drug-likeness (QED) is 0.731. The first-order chi connectivity index (χ1) is 13.9. The topological polar surface area (TPSA) is 62.1 Å². The Kier molecular flexibility index (Phi) is 7.19. The van der Waals surface area contributed by atoms with Crippen molar-refractivity contribution in [3.63, 3.8) is 0 Å². The first-order valence-electron chi connectivity index (χ1n) is 9.79. The summed E-state index contributed by atoms with van der Waals surface area (Å²) in [5.41, 5.74) is 1.95. The summed E-state index contributed by atoms with van der Waals surface area (Å²) in [6, 6.07) is 19.3. The normalized spacial score (nSPS) is 16.2. The smallest absolute Gasteiger partial charge is 0.277 e. The molecule has 2 aromatic rings. The highest BCUT2D eigenvalue weighted by Crippen LogP contribution is 2.08. The molecule has 1 aliphatic heterocycles. The monoisotopic (exact) mass is 414 g/mol. The van der Waals surface area contributed by atoms with E-state index in [-0.39, 0.29) is 5.91 Å². The van der Waals surface area contributed by atoms with Gasteiger partial charge in [-0.15, -0.1) is 0 Å². The van der Waals surface area contributed by atoms with Crippen LogP contribution in [0.3, 0.4) is 0 Å². The minimum atomic E-state index is -3.45. The largest absolute Gasteiger partial charge is 0.337 e. The van der Waals surface area contributed by atoms with Gasteiger partial charge >= 0.3 is 0 Å². The molecule has 29 heavy (non-hydrogen) atoms. The molecule has 0 spiro atoms. The SMILES string of the molecule is CN(Cc1ccccc1)C(=O)C[NH+]1CCN(S(=O)(=O)/C=C/c2ccccc2)CC1. The van der Waals surface area contributed by atoms with E-state index in [2.05, 4.69) is 0 Å². The van der Waals surface area contributed by atoms with Gasteiger partial charge in [0.1, 0.15) is 0 Å². The lowest BCUT2D eigenvalue weighted by atomic mass is 10.2. The zero-order valence-electron chi connectivity index (χ0n) is 16.7. The fraction of sp³-hybridized carbons (Fsp3) is 0.318. The molecular formula is C22H28N3O3S+. The number of carbonyl (C=O) groups is 1. The van der Waals surface area contributed by atoms with Crippen LogP contribution in [-0.4, -0.2) is 63.3 Å². The predicted molar refractivity (Wildman–Crippen MR) is 114 cm³/mol. The van der Waals surface area contributed by atoms with Crippen molar-refractivity contribution in [3.8, 4) is 0 Å². The molecule has 0 bridgehead atoms. The highest BCUT2D eigenvalue weighted by Gasteiger charge is 2.29. The number of piperazine rings is 1. The van der Waals surface area contributed by atoms with Crippen LogP contribution < -0.4 is 4.90 Å². The third kappa shape index (κ3) is 6.25. The Balaban J connectivity index is 1.48. The number of hydrogen-bond donors (Lipinski definition) is 1. The van der Waals surface area contributed by atoms with Crippen LogP contribution in [0.25, 0.3) is 6.08 Å². The number of nitrogens with zero attached hydrogens (tertiary/aromatic N) is 2. The first-order valence-corrected chi connectivity index (χ1v) is 11.3. The van der Waals surface area contributed by atoms with Crippen LogP contribution in [0.15, 0.2) is 66.1 Å². The summed E-state index contributed by atoms with van der Waals surface area (Å²) in [5.74, 6) is 0.0733. The maximum Gasteiger partial charge on any atom is 0.277 e. The molecule has 1 N–H and O–H groups in total. The second-order valence-corrected chi connectivity index (χ2v) is 9.14. The van der Waals surface area contributed by atoms with Gasteiger partial charge in [-0.25, -0.2) is 8.42 Å². The van der Waals surface area contributed by atoms with E-state index in [1.54, 1.807) is 11.0 Å². The Bertz CT molecular complexity index is 922. The Morgan fingerprint density at radius 2 is 1.62 bits per heavy atom. The van der Waals surface area contributed by atoms with E-state index in [4.69, 9.17) is 0 Å². The van der Waals surface area contributed by atoms with Crippen LogP contribution in [0.2, 0.25) is 0 Å². The second kappa shape index (κ2) is 9.82. The molecule has 1 heterocycles. The molecule has 3 rings (SSSR count). The average molecular weight is 415 g/mol. The van der Waals surface area contributed by atoms with Gasteiger partial charge in [-0.05, 0) is 17.2 Å². The summed E-state index contributed by atoms with van der Waals surface area (Å²) in [7, 11) is -1.64. The number of rotatable bonds is 7. The van der Waals surface area contributed by atoms with Gasteiger partial charge in [-0.3, -0.25) is 4.79 Å². The highest BCUT2D eigenvalue weighted by atomic mass is 32.2. The van der Waals surface area contributed by atoms with Crippen LogP contribution in [0.4, 0.5) is 0 Å². The summed E-state index contributed by atoms with van der Waals surface area (Å²) in [6.45, 7) is 3.07. The molecule has 0 radical (unpaired) electrons. The fourth-order valence-electron chi connectivity index (χ4n) is 3.34. The molecule has 0 atom stereocenters. The maximum atomic E-state index is 12.6. The average Bonchev–Trinajstić information content (AvgIpc) is 2.74. The fourth-order valence-corrected chi connectivity index (χ4v) is 4.54. The van der Waals surface area contributed by atoms with E-state index < -0.39 is 10.0 Å². The minimum absolute atomic E-state index is 0.0733. The summed E-state index contributed by atoms with van der Waals surface area (Å²) in [4.78, 5) is 15.4. The molecule has 7 heteroatoms. The van der Waals surface area contributed by atoms with Crippen molar-refractivity contribution in [1.29, 1.82) is 0 Å². The van der Waals surface area contributed by atoms with Crippen LogP contribution in [0.1, 0.15) is 11.1 Å². The number of carbonyl (C=O) groups excluding carboxylic acids is 1. The minimum Gasteiger partial charge on any atom is -0.337 e. The van der Waals surface area contributed by atoms with Gasteiger partial charge < -0.3 is 9.80 Å². The van der Waals surface area contributed by atoms with Crippen LogP contribution in [0.5, 0.6) is 0 Å². The van der Waals surface area contributed by atoms with E-state index >= 15 is 0 Å². The molecule has 1 saturated heterocycles. The van der Waals surface area contributed by atoms with Crippen LogP contribution in [-0.2, 0) is 21.4 Å². The lowest BCUT2D eigenvalue weighted by Crippen LogP contribution is -3.15. The summed E-state index contributed by atoms with van der Waals surface area (Å²) in [5, 5.41) is 1.27. The number of hydrogen-bond acceptors (Lipinski definition) is 3. The summed E-state index contributed by atoms with van der Waals surface area (Å²) in [6.07, 6.45) is 1.62. The molecule has 0 aromatic heterocycles. The first kappa shape index (κ1) is 21.2. The Labute approximate surface area is 173 Å². The number of amides is 1. The van der Waals surface area contributed by atoms with Crippen molar-refractivity contribution in [2.75, 3.05) is 39.8 Å². The van der Waals surface area contributed by atoms with E-state index in [1.165, 1.54) is 9.71 Å². The molecule has 1 aliphatic rings. The highest BCUT2D eigenvalue weighted by molar-refractivity contribution is 7.92. The predicted octanol–water partition coefficient (Wildman–Crippen LogP) is 0.846. The molecule has 6 nitrogen and oxygen atoms in total. The number of nitrogens with one attached hydrogen (secondary N) is 1. The molecular weight excluding hydrogens is 386 g/mol. The van der Waals surface area contributed by atoms with Gasteiger partial charge in [0.15, 0.2) is 6.54 Å². The molecule has 154 valence electrons. The van der Waals surface area contributed by atoms with E-state index in [0.717, 1.165) is 16.0 Å². The lowest BCUT2D eigenvalue weighted by molar-refractivity contribution is -0.895. The zero-order chi connectivity index (χ0) is 20.7. The summed E-state index contributed by atoms with van der Waals surface area (Å²) >= 11 is 0. The maximum absolute atomic E-state index is 12.6. The van der Waals surface area contributed by atoms with Gasteiger partial charge in [0.2, 0.25) is 10.0 Å². The zero-order valence-corrected chi connectivity index (χ0v) is 17.5. The van der Waals surface area contributed by atoms with E-state index in [9.17, 15) is 13.2 Å². The molecule has 0 unspecified atom stereocenters. The van der Waals surface area contributed by atoms with E-state index in [0.29, 0.717) is 39.3 Å². The number of benzene rings is 2. The van der Waals surface area contributed by atoms with Crippen LogP contribution >= 0.6 is 0 Å². The Morgan fingerprint density at radius 3 is 2.24 bits per heavy atom. The van der Waals surface area contributed by atoms with Crippen molar-refractivity contribution in [3.05, 3.63) is 77.2 Å². The second-order valence-electron chi connectivity index (χ2n) is 7.32. The molecule has 0 saturated carbocycles. The molecule has 2 aromatic carbocycles. The number of sulfonamides is 1. The van der Waals surface area contributed by atoms with Crippen molar-refractivity contribution in [2.45, 2.75) is 6.54 Å². The molecule has 0 aliphatic carbocycles. The third-order valence-electron chi connectivity index (χ3n) is 5.11. The van der Waals surface area contributed by atoms with Crippen molar-refractivity contribution in [1.82, 2.24) is 9.21 Å². The number of likely N-dealkylation sites (N-methyl/N-ethyl adjacent to an activating group) is 1. The van der Waals surface area contributed by atoms with Crippen molar-refractivity contribution >= 4 is 22.0 Å². The van der Waals surface area contributed by atoms with Gasteiger partial charge in [0.25, 0.3) is 5.91 Å². The summed E-state index contributed by atoms with van der Waals surface area (Å²) < 4.78 is 26.6. The Hall–Kier alpha value is -2.48. The van der Waals surface area contributed by atoms with Gasteiger partial charge in [-0.2, -0.15) is 4.31 Å². The van der Waals surface area contributed by atoms with Gasteiger partial charge in [-0.1, -0.05) is 60.7 Å². The molecule has 1 amide bonds. The third-order valence-corrected chi connectivity index (χ3v) is 6.68. The van der Waals surface area contributed by atoms with E-state index in [1.807, 2.05) is 67.7 Å².